The lowest BCUT2D eigenvalue weighted by molar-refractivity contribution is -0.143. The largest absolute Gasteiger partial charge is 0.472 e. The topological polar surface area (TPSA) is 108 Å². The van der Waals surface area contributed by atoms with Gasteiger partial charge in [0.15, 0.2) is 0 Å². The van der Waals surface area contributed by atoms with Crippen molar-refractivity contribution in [3.8, 4) is 0 Å². The number of carbonyl (C=O) groups is 2. The summed E-state index contributed by atoms with van der Waals surface area (Å²) in [4.78, 5) is 30.8. The fourth-order valence-electron chi connectivity index (χ4n) is 0.871. The molecule has 2 atom stereocenters. The summed E-state index contributed by atoms with van der Waals surface area (Å²) in [6.45, 7) is 6.96. The van der Waals surface area contributed by atoms with Gasteiger partial charge in [-0.2, -0.15) is 0 Å². The molecule has 0 aromatic carbocycles. The van der Waals surface area contributed by atoms with Crippen molar-refractivity contribution in [1.82, 2.24) is 0 Å². The molecular formula is C11H17O8P. The van der Waals surface area contributed by atoms with Gasteiger partial charge in [-0.1, -0.05) is 13.2 Å². The Kier molecular flexibility index (Phi) is 8.74. The molecule has 0 spiro atoms. The predicted molar refractivity (Wildman–Crippen MR) is 68.6 cm³/mol. The smallest absolute Gasteiger partial charge is 0.460 e. The van der Waals surface area contributed by atoms with Crippen molar-refractivity contribution in [2.45, 2.75) is 13.0 Å². The Morgan fingerprint density at radius 3 is 2.35 bits per heavy atom. The van der Waals surface area contributed by atoms with E-state index < -0.39 is 25.9 Å². The van der Waals surface area contributed by atoms with E-state index in [0.717, 1.165) is 12.2 Å². The van der Waals surface area contributed by atoms with Crippen LogP contribution in [0.25, 0.3) is 0 Å². The second-order valence-electron chi connectivity index (χ2n) is 3.42. The second kappa shape index (κ2) is 9.44. The molecule has 20 heavy (non-hydrogen) atoms. The zero-order valence-electron chi connectivity index (χ0n) is 11.0. The minimum Gasteiger partial charge on any atom is -0.460 e. The average Bonchev–Trinajstić information content (AvgIpc) is 2.41. The number of rotatable bonds is 10. The molecule has 0 fully saturated rings. The highest BCUT2D eigenvalue weighted by molar-refractivity contribution is 7.47. The first-order chi connectivity index (χ1) is 9.30. The predicted octanol–water partition coefficient (Wildman–Crippen LogP) is 0.967. The molecule has 0 aromatic rings. The highest BCUT2D eigenvalue weighted by Gasteiger charge is 2.23. The number of phosphoric ester groups is 1. The molecule has 1 N–H and O–H groups in total. The van der Waals surface area contributed by atoms with Crippen LogP contribution in [0.4, 0.5) is 0 Å². The maximum Gasteiger partial charge on any atom is 0.472 e. The zero-order chi connectivity index (χ0) is 15.6. The first-order valence-corrected chi connectivity index (χ1v) is 7.04. The summed E-state index contributed by atoms with van der Waals surface area (Å²) >= 11 is 0. The quantitative estimate of drug-likeness (QED) is 0.275. The van der Waals surface area contributed by atoms with Gasteiger partial charge < -0.3 is 14.4 Å². The van der Waals surface area contributed by atoms with Crippen molar-refractivity contribution in [3.05, 3.63) is 25.3 Å². The van der Waals surface area contributed by atoms with Crippen LogP contribution in [-0.4, -0.2) is 42.8 Å². The minimum atomic E-state index is -4.30. The summed E-state index contributed by atoms with van der Waals surface area (Å²) < 4.78 is 29.7. The molecule has 0 bridgehead atoms. The molecule has 0 amide bonds. The fourth-order valence-corrected chi connectivity index (χ4v) is 1.65. The number of hydrogen-bond acceptors (Lipinski definition) is 7. The van der Waals surface area contributed by atoms with Gasteiger partial charge in [-0.05, 0) is 6.92 Å². The van der Waals surface area contributed by atoms with Crippen LogP contribution in [0.3, 0.4) is 0 Å². The number of ether oxygens (including phenoxy) is 2. The maximum atomic E-state index is 11.4. The second-order valence-corrected chi connectivity index (χ2v) is 4.87. The van der Waals surface area contributed by atoms with Gasteiger partial charge in [-0.3, -0.25) is 9.05 Å². The van der Waals surface area contributed by atoms with Crippen molar-refractivity contribution in [3.63, 3.8) is 0 Å². The Bertz CT molecular complexity index is 405. The van der Waals surface area contributed by atoms with Crippen LogP contribution in [0.2, 0.25) is 0 Å². The lowest BCUT2D eigenvalue weighted by Gasteiger charge is -2.15. The Morgan fingerprint density at radius 1 is 1.20 bits per heavy atom. The van der Waals surface area contributed by atoms with Gasteiger partial charge in [0.05, 0.1) is 13.2 Å². The van der Waals surface area contributed by atoms with E-state index in [0.29, 0.717) is 0 Å². The van der Waals surface area contributed by atoms with Gasteiger partial charge in [-0.15, -0.1) is 0 Å². The summed E-state index contributed by atoms with van der Waals surface area (Å²) in [5.41, 5.74) is 0. The minimum absolute atomic E-state index is 0.222. The average molecular weight is 308 g/mol. The van der Waals surface area contributed by atoms with Crippen LogP contribution >= 0.6 is 7.82 Å². The lowest BCUT2D eigenvalue weighted by Crippen LogP contribution is -2.19. The van der Waals surface area contributed by atoms with Crippen LogP contribution in [0.1, 0.15) is 6.92 Å². The molecule has 0 aliphatic carbocycles. The summed E-state index contributed by atoms with van der Waals surface area (Å²) in [5.74, 6) is -1.35. The molecule has 0 aliphatic rings. The van der Waals surface area contributed by atoms with Crippen LogP contribution in [0, 0.1) is 0 Å². The van der Waals surface area contributed by atoms with E-state index in [9.17, 15) is 19.0 Å². The van der Waals surface area contributed by atoms with Crippen LogP contribution in [0.5, 0.6) is 0 Å². The first-order valence-electron chi connectivity index (χ1n) is 5.55. The molecule has 2 unspecified atom stereocenters. The van der Waals surface area contributed by atoms with Crippen molar-refractivity contribution >= 4 is 19.8 Å². The van der Waals surface area contributed by atoms with E-state index in [1.54, 1.807) is 0 Å². The molecule has 0 saturated heterocycles. The summed E-state index contributed by atoms with van der Waals surface area (Å²) in [7, 11) is -4.30. The van der Waals surface area contributed by atoms with Crippen molar-refractivity contribution in [1.29, 1.82) is 0 Å². The molecule has 0 aromatic heterocycles. The van der Waals surface area contributed by atoms with Gasteiger partial charge in [-0.25, -0.2) is 14.2 Å². The third-order valence-corrected chi connectivity index (χ3v) is 2.69. The molecule has 8 nitrogen and oxygen atoms in total. The van der Waals surface area contributed by atoms with Gasteiger partial charge >= 0.3 is 19.8 Å². The number of carbonyl (C=O) groups excluding carboxylic acids is 2. The fraction of sp³-hybridized carbons (Fsp3) is 0.455. The van der Waals surface area contributed by atoms with E-state index in [2.05, 4.69) is 26.9 Å². The molecule has 0 heterocycles. The Hall–Kier alpha value is -1.47. The van der Waals surface area contributed by atoms with E-state index in [1.807, 2.05) is 0 Å². The summed E-state index contributed by atoms with van der Waals surface area (Å²) in [6, 6.07) is 0. The Balaban J connectivity index is 3.91. The first kappa shape index (κ1) is 18.5. The van der Waals surface area contributed by atoms with Crippen LogP contribution in [0.15, 0.2) is 25.3 Å². The van der Waals surface area contributed by atoms with E-state index >= 15 is 0 Å². The van der Waals surface area contributed by atoms with Crippen LogP contribution in [-0.2, 0) is 32.7 Å². The van der Waals surface area contributed by atoms with E-state index in [-0.39, 0.29) is 19.8 Å². The molecular weight excluding hydrogens is 291 g/mol. The van der Waals surface area contributed by atoms with Crippen molar-refractivity contribution in [2.75, 3.05) is 19.8 Å². The molecule has 9 heteroatoms. The third-order valence-electron chi connectivity index (χ3n) is 1.71. The number of esters is 2. The zero-order valence-corrected chi connectivity index (χ0v) is 11.9. The van der Waals surface area contributed by atoms with Crippen molar-refractivity contribution < 1.29 is 37.6 Å². The Morgan fingerprint density at radius 2 is 1.80 bits per heavy atom. The Labute approximate surface area is 116 Å². The standard InChI is InChI=1S/C11H17O8P/c1-4-10(12)16-6-7-17-20(14,15)18-8-9(3)19-11(13)5-2/h4-5,9H,1-2,6-8H2,3H3,(H,14,15). The molecule has 0 rings (SSSR count). The summed E-state index contributed by atoms with van der Waals surface area (Å²) in [6.07, 6.45) is 1.16. The number of hydrogen-bond donors (Lipinski definition) is 1. The molecule has 114 valence electrons. The normalized spacial score (nSPS) is 14.7. The van der Waals surface area contributed by atoms with Crippen molar-refractivity contribution in [2.24, 2.45) is 0 Å². The van der Waals surface area contributed by atoms with Gasteiger partial charge in [0.1, 0.15) is 12.7 Å². The van der Waals surface area contributed by atoms with E-state index in [4.69, 9.17) is 4.74 Å². The van der Waals surface area contributed by atoms with E-state index in [1.165, 1.54) is 6.92 Å². The van der Waals surface area contributed by atoms with Gasteiger partial charge in [0.25, 0.3) is 0 Å². The number of phosphoric acid groups is 1. The van der Waals surface area contributed by atoms with Gasteiger partial charge in [0.2, 0.25) is 0 Å². The lowest BCUT2D eigenvalue weighted by atomic mass is 10.4. The molecule has 0 aliphatic heterocycles. The molecule has 0 saturated carbocycles. The summed E-state index contributed by atoms with van der Waals surface area (Å²) in [5, 5.41) is 0. The third kappa shape index (κ3) is 9.46. The highest BCUT2D eigenvalue weighted by atomic mass is 31.2. The van der Waals surface area contributed by atoms with Crippen LogP contribution < -0.4 is 0 Å². The highest BCUT2D eigenvalue weighted by Crippen LogP contribution is 2.43. The SMILES string of the molecule is C=CC(=O)OCCOP(=O)(O)OCC(C)OC(=O)C=C. The van der Waals surface area contributed by atoms with Gasteiger partial charge in [0, 0.05) is 12.2 Å². The molecule has 0 radical (unpaired) electrons. The monoisotopic (exact) mass is 308 g/mol. The maximum absolute atomic E-state index is 11.4.